The fourth-order valence-electron chi connectivity index (χ4n) is 2.82. The summed E-state index contributed by atoms with van der Waals surface area (Å²) < 4.78 is 21.2. The van der Waals surface area contributed by atoms with E-state index in [4.69, 9.17) is 4.57 Å². The molecule has 0 N–H and O–H groups in total. The van der Waals surface area contributed by atoms with Crippen LogP contribution < -0.4 is 0 Å². The Morgan fingerprint density at radius 3 is 1.05 bits per heavy atom. The smallest absolute Gasteiger partial charge is 0.138 e. The summed E-state index contributed by atoms with van der Waals surface area (Å²) in [6, 6.07) is 0. The van der Waals surface area contributed by atoms with E-state index in [9.17, 15) is 4.57 Å². The van der Waals surface area contributed by atoms with Gasteiger partial charge in [-0.05, 0) is 19.3 Å². The van der Waals surface area contributed by atoms with Crippen molar-refractivity contribution in [1.82, 2.24) is 0 Å². The van der Waals surface area contributed by atoms with E-state index in [1.54, 1.807) is 9.12 Å². The minimum Gasteiger partial charge on any atom is -0.324 e. The molecule has 0 unspecified atom stereocenters. The van der Waals surface area contributed by atoms with E-state index in [2.05, 4.69) is 20.8 Å². The first-order chi connectivity index (χ1) is 10.7. The predicted molar refractivity (Wildman–Crippen MR) is 104 cm³/mol. The molecule has 0 atom stereocenters. The molecule has 4 heteroatoms. The Morgan fingerprint density at radius 1 is 0.545 bits per heavy atom. The van der Waals surface area contributed by atoms with Crippen molar-refractivity contribution in [2.45, 2.75) is 97.8 Å². The maximum Gasteiger partial charge on any atom is 0.138 e. The first kappa shape index (κ1) is 24.6. The molecule has 0 rings (SSSR count). The van der Waals surface area contributed by atoms with Crippen LogP contribution in [-0.2, 0) is 9.13 Å². The van der Waals surface area contributed by atoms with Crippen LogP contribution in [0.25, 0.3) is 0 Å². The Labute approximate surface area is 142 Å². The highest BCUT2D eigenvalue weighted by Crippen LogP contribution is 2.48. The molecule has 2 nitrogen and oxygen atoms in total. The van der Waals surface area contributed by atoms with Gasteiger partial charge in [0.05, 0.1) is 7.14 Å². The number of unbranched alkanes of at least 4 members (excludes halogenated alkanes) is 9. The third-order valence-corrected chi connectivity index (χ3v) is 7.65. The van der Waals surface area contributed by atoms with Gasteiger partial charge in [0.2, 0.25) is 0 Å². The summed E-state index contributed by atoms with van der Waals surface area (Å²) in [5.41, 5.74) is 0. The van der Waals surface area contributed by atoms with E-state index in [0.717, 1.165) is 18.5 Å². The molecule has 0 spiro atoms. The summed E-state index contributed by atoms with van der Waals surface area (Å²) in [4.78, 5) is 0. The second-order valence-corrected chi connectivity index (χ2v) is 9.87. The van der Waals surface area contributed by atoms with E-state index in [-0.39, 0.29) is 0 Å². The summed E-state index contributed by atoms with van der Waals surface area (Å²) in [6.07, 6.45) is 18.3. The number of hydrogen-bond donors (Lipinski definition) is 0. The molecule has 0 saturated heterocycles. The van der Waals surface area contributed by atoms with Gasteiger partial charge >= 0.3 is 0 Å². The molecular weight excluding hydrogens is 310 g/mol. The molecular formula is C18H40O2P2. The van der Waals surface area contributed by atoms with Crippen molar-refractivity contribution in [3.8, 4) is 0 Å². The number of hydrogen-bond acceptors (Lipinski definition) is 2. The Bertz CT molecular complexity index is 219. The zero-order chi connectivity index (χ0) is 17.1. The van der Waals surface area contributed by atoms with E-state index in [1.807, 2.05) is 0 Å². The normalized spacial score (nSPS) is 11.0. The molecule has 0 aliphatic heterocycles. The van der Waals surface area contributed by atoms with Crippen molar-refractivity contribution in [2.24, 2.45) is 0 Å². The lowest BCUT2D eigenvalue weighted by Gasteiger charge is -2.18. The average Bonchev–Trinajstić information content (AvgIpc) is 2.55. The van der Waals surface area contributed by atoms with Gasteiger partial charge in [-0.15, -0.1) is 0 Å². The van der Waals surface area contributed by atoms with Crippen LogP contribution >= 0.6 is 16.3 Å². The minimum absolute atomic E-state index is 1.03. The summed E-state index contributed by atoms with van der Waals surface area (Å²) in [5.74, 6) is 0. The second kappa shape index (κ2) is 19.4. The Hall–Kier alpha value is 0.330. The molecule has 0 aliphatic carbocycles. The van der Waals surface area contributed by atoms with Gasteiger partial charge in [0.15, 0.2) is 0 Å². The van der Waals surface area contributed by atoms with Crippen LogP contribution in [0.15, 0.2) is 0 Å². The van der Waals surface area contributed by atoms with Gasteiger partial charge in [-0.3, -0.25) is 4.57 Å². The zero-order valence-corrected chi connectivity index (χ0v) is 17.3. The van der Waals surface area contributed by atoms with E-state index in [1.165, 1.54) is 77.0 Å². The largest absolute Gasteiger partial charge is 0.324 e. The molecule has 0 aromatic heterocycles. The van der Waals surface area contributed by atoms with Gasteiger partial charge in [-0.25, -0.2) is 0 Å². The van der Waals surface area contributed by atoms with Crippen LogP contribution in [-0.4, -0.2) is 18.5 Å². The highest BCUT2D eigenvalue weighted by Gasteiger charge is 2.20. The van der Waals surface area contributed by atoms with Crippen LogP contribution in [0.4, 0.5) is 0 Å². The van der Waals surface area contributed by atoms with Crippen LogP contribution in [0.3, 0.4) is 0 Å². The molecule has 0 heterocycles. The summed E-state index contributed by atoms with van der Waals surface area (Å²) in [7, 11) is -0.118. The Morgan fingerprint density at radius 2 is 0.818 bits per heavy atom. The molecule has 0 amide bonds. The SMILES string of the molecule is CCCCCCP(=O)(CCCCCC)CCCCCC.O=P. The number of rotatable bonds is 15. The fourth-order valence-corrected chi connectivity index (χ4v) is 5.89. The third-order valence-electron chi connectivity index (χ3n) is 4.26. The fraction of sp³-hybridized carbons (Fsp3) is 1.00. The Kier molecular flexibility index (Phi) is 21.6. The first-order valence-electron chi connectivity index (χ1n) is 9.46. The van der Waals surface area contributed by atoms with E-state index < -0.39 is 7.14 Å². The zero-order valence-electron chi connectivity index (χ0n) is 15.4. The topological polar surface area (TPSA) is 34.1 Å². The molecule has 0 fully saturated rings. The van der Waals surface area contributed by atoms with Crippen molar-refractivity contribution in [3.05, 3.63) is 0 Å². The predicted octanol–water partition coefficient (Wildman–Crippen LogP) is 7.57. The van der Waals surface area contributed by atoms with Gasteiger partial charge in [-0.2, -0.15) is 0 Å². The molecule has 0 aliphatic rings. The van der Waals surface area contributed by atoms with Gasteiger partial charge in [0.25, 0.3) is 0 Å². The van der Waals surface area contributed by atoms with Crippen LogP contribution in [0, 0.1) is 0 Å². The molecule has 0 saturated carbocycles. The molecule has 0 aromatic rings. The first-order valence-corrected chi connectivity index (χ1v) is 12.1. The monoisotopic (exact) mass is 350 g/mol. The highest BCUT2D eigenvalue weighted by molar-refractivity contribution is 7.63. The van der Waals surface area contributed by atoms with E-state index in [0.29, 0.717) is 0 Å². The maximum absolute atomic E-state index is 13.1. The summed E-state index contributed by atoms with van der Waals surface area (Å²) in [5, 5.41) is 0. The van der Waals surface area contributed by atoms with Gasteiger partial charge in [-0.1, -0.05) is 78.6 Å². The van der Waals surface area contributed by atoms with Crippen molar-refractivity contribution >= 4 is 16.3 Å². The lowest BCUT2D eigenvalue weighted by Crippen LogP contribution is -2.01. The van der Waals surface area contributed by atoms with Gasteiger partial charge in [0, 0.05) is 18.5 Å². The highest BCUT2D eigenvalue weighted by atomic mass is 31.2. The van der Waals surface area contributed by atoms with Crippen LogP contribution in [0.5, 0.6) is 0 Å². The minimum atomic E-state index is -1.84. The molecule has 0 bridgehead atoms. The summed E-state index contributed by atoms with van der Waals surface area (Å²) >= 11 is 0. The molecule has 134 valence electrons. The van der Waals surface area contributed by atoms with Crippen molar-refractivity contribution in [2.75, 3.05) is 18.5 Å². The van der Waals surface area contributed by atoms with Crippen LogP contribution in [0.1, 0.15) is 97.8 Å². The third kappa shape index (κ3) is 16.7. The van der Waals surface area contributed by atoms with Crippen molar-refractivity contribution in [1.29, 1.82) is 0 Å². The van der Waals surface area contributed by atoms with Crippen molar-refractivity contribution in [3.63, 3.8) is 0 Å². The average molecular weight is 350 g/mol. The van der Waals surface area contributed by atoms with Crippen molar-refractivity contribution < 1.29 is 9.13 Å². The molecule has 22 heavy (non-hydrogen) atoms. The second-order valence-electron chi connectivity index (χ2n) is 6.41. The lowest BCUT2D eigenvalue weighted by atomic mass is 10.2. The maximum atomic E-state index is 13.1. The molecule has 0 radical (unpaired) electrons. The quantitative estimate of drug-likeness (QED) is 0.225. The lowest BCUT2D eigenvalue weighted by molar-refractivity contribution is 0.561. The van der Waals surface area contributed by atoms with E-state index >= 15 is 0 Å². The standard InChI is InChI=1S/C18H39OP.HOP/c1-4-7-10-13-16-20(19,17-14-11-8-5-2)18-15-12-9-6-3;1-2/h4-18H2,1-3H3;2H. The van der Waals surface area contributed by atoms with Gasteiger partial charge in [0.1, 0.15) is 9.12 Å². The van der Waals surface area contributed by atoms with Crippen LogP contribution in [0.2, 0.25) is 0 Å². The van der Waals surface area contributed by atoms with Gasteiger partial charge < -0.3 is 4.57 Å². The summed E-state index contributed by atoms with van der Waals surface area (Å²) in [6.45, 7) is 6.74. The molecule has 0 aromatic carbocycles. The Balaban J connectivity index is 0.